The van der Waals surface area contributed by atoms with Gasteiger partial charge in [0.1, 0.15) is 5.15 Å². The molecule has 1 atom stereocenters. The zero-order valence-electron chi connectivity index (χ0n) is 11.5. The highest BCUT2D eigenvalue weighted by Gasteiger charge is 2.17. The predicted octanol–water partition coefficient (Wildman–Crippen LogP) is 2.65. The molecule has 0 saturated heterocycles. The predicted molar refractivity (Wildman–Crippen MR) is 82.9 cm³/mol. The molecular formula is C14H18Cl2N4. The lowest BCUT2D eigenvalue weighted by molar-refractivity contribution is 0.521. The van der Waals surface area contributed by atoms with Crippen LogP contribution in [0.15, 0.2) is 24.3 Å². The largest absolute Gasteiger partial charge is 0.271 e. The summed E-state index contributed by atoms with van der Waals surface area (Å²) in [5, 5.41) is 5.71. The van der Waals surface area contributed by atoms with Gasteiger partial charge >= 0.3 is 0 Å². The molecule has 20 heavy (non-hydrogen) atoms. The number of hydrazine groups is 1. The van der Waals surface area contributed by atoms with Gasteiger partial charge in [-0.1, -0.05) is 35.3 Å². The van der Waals surface area contributed by atoms with Gasteiger partial charge in [0.05, 0.1) is 5.69 Å². The van der Waals surface area contributed by atoms with Crippen molar-refractivity contribution in [2.45, 2.75) is 25.8 Å². The number of aromatic nitrogens is 2. The summed E-state index contributed by atoms with van der Waals surface area (Å²) in [7, 11) is 1.83. The second kappa shape index (κ2) is 6.59. The molecule has 0 aliphatic rings. The van der Waals surface area contributed by atoms with Crippen LogP contribution in [-0.2, 0) is 19.9 Å². The summed E-state index contributed by atoms with van der Waals surface area (Å²) in [5.74, 6) is 5.66. The zero-order chi connectivity index (χ0) is 14.7. The van der Waals surface area contributed by atoms with Crippen molar-refractivity contribution in [1.29, 1.82) is 0 Å². The van der Waals surface area contributed by atoms with Gasteiger partial charge in [0.2, 0.25) is 0 Å². The fourth-order valence-corrected chi connectivity index (χ4v) is 2.76. The fourth-order valence-electron chi connectivity index (χ4n) is 2.29. The molecule has 0 bridgehead atoms. The van der Waals surface area contributed by atoms with Gasteiger partial charge in [-0.05, 0) is 37.5 Å². The number of benzene rings is 1. The van der Waals surface area contributed by atoms with Crippen molar-refractivity contribution in [2.24, 2.45) is 12.9 Å². The summed E-state index contributed by atoms with van der Waals surface area (Å²) in [6, 6.07) is 7.86. The molecule has 1 aromatic heterocycles. The summed E-state index contributed by atoms with van der Waals surface area (Å²) < 4.78 is 1.68. The molecule has 0 aliphatic heterocycles. The first-order valence-electron chi connectivity index (χ1n) is 6.39. The van der Waals surface area contributed by atoms with E-state index >= 15 is 0 Å². The molecule has 1 unspecified atom stereocenters. The molecule has 0 radical (unpaired) electrons. The molecule has 0 fully saturated rings. The fraction of sp³-hybridized carbons (Fsp3) is 0.357. The summed E-state index contributed by atoms with van der Waals surface area (Å²) in [5.41, 5.74) is 5.94. The Bertz CT molecular complexity index is 595. The van der Waals surface area contributed by atoms with Gasteiger partial charge in [0, 0.05) is 23.7 Å². The molecule has 1 heterocycles. The lowest BCUT2D eigenvalue weighted by atomic mass is 10.00. The van der Waals surface area contributed by atoms with E-state index in [1.165, 1.54) is 0 Å². The van der Waals surface area contributed by atoms with Gasteiger partial charge in [0.25, 0.3) is 0 Å². The summed E-state index contributed by atoms with van der Waals surface area (Å²) in [4.78, 5) is 0. The van der Waals surface area contributed by atoms with Gasteiger partial charge in [-0.15, -0.1) is 0 Å². The first kappa shape index (κ1) is 15.3. The number of hydrogen-bond acceptors (Lipinski definition) is 3. The van der Waals surface area contributed by atoms with Gasteiger partial charge in [-0.2, -0.15) is 5.10 Å². The quantitative estimate of drug-likeness (QED) is 0.659. The SMILES string of the molecule is Cc1nn(C)c(Cl)c1CC(Cc1cccc(Cl)c1)NN. The second-order valence-corrected chi connectivity index (χ2v) is 5.67. The van der Waals surface area contributed by atoms with E-state index < -0.39 is 0 Å². The summed E-state index contributed by atoms with van der Waals surface area (Å²) >= 11 is 12.3. The number of nitrogens with one attached hydrogen (secondary N) is 1. The maximum Gasteiger partial charge on any atom is 0.130 e. The Balaban J connectivity index is 2.13. The maximum absolute atomic E-state index is 6.25. The molecule has 2 rings (SSSR count). The molecule has 2 aromatic rings. The van der Waals surface area contributed by atoms with E-state index in [4.69, 9.17) is 29.0 Å². The van der Waals surface area contributed by atoms with E-state index in [2.05, 4.69) is 10.5 Å². The van der Waals surface area contributed by atoms with Crippen LogP contribution in [0.5, 0.6) is 0 Å². The Hall–Kier alpha value is -1.07. The summed E-state index contributed by atoms with van der Waals surface area (Å²) in [6.45, 7) is 1.95. The van der Waals surface area contributed by atoms with Crippen molar-refractivity contribution in [1.82, 2.24) is 15.2 Å². The van der Waals surface area contributed by atoms with Crippen LogP contribution in [0.3, 0.4) is 0 Å². The third-order valence-corrected chi connectivity index (χ3v) is 4.04. The van der Waals surface area contributed by atoms with E-state index in [-0.39, 0.29) is 6.04 Å². The van der Waals surface area contributed by atoms with Gasteiger partial charge < -0.3 is 0 Å². The van der Waals surface area contributed by atoms with Crippen molar-refractivity contribution >= 4 is 23.2 Å². The van der Waals surface area contributed by atoms with Crippen molar-refractivity contribution in [2.75, 3.05) is 0 Å². The first-order chi connectivity index (χ1) is 9.51. The molecule has 4 nitrogen and oxygen atoms in total. The Kier molecular flexibility index (Phi) is 5.05. The topological polar surface area (TPSA) is 55.9 Å². The average molecular weight is 313 g/mol. The third kappa shape index (κ3) is 3.52. The number of aryl methyl sites for hydroxylation is 2. The first-order valence-corrected chi connectivity index (χ1v) is 7.15. The maximum atomic E-state index is 6.25. The highest BCUT2D eigenvalue weighted by atomic mass is 35.5. The van der Waals surface area contributed by atoms with Crippen molar-refractivity contribution in [3.8, 4) is 0 Å². The van der Waals surface area contributed by atoms with E-state index in [1.807, 2.05) is 38.2 Å². The van der Waals surface area contributed by atoms with Gasteiger partial charge in [0.15, 0.2) is 0 Å². The molecule has 3 N–H and O–H groups in total. The molecule has 0 aliphatic carbocycles. The van der Waals surface area contributed by atoms with Crippen LogP contribution >= 0.6 is 23.2 Å². The molecule has 108 valence electrons. The van der Waals surface area contributed by atoms with Crippen LogP contribution in [0.2, 0.25) is 10.2 Å². The molecule has 0 saturated carbocycles. The minimum Gasteiger partial charge on any atom is -0.271 e. The van der Waals surface area contributed by atoms with E-state index in [9.17, 15) is 0 Å². The van der Waals surface area contributed by atoms with Crippen LogP contribution in [0.1, 0.15) is 16.8 Å². The van der Waals surface area contributed by atoms with Gasteiger partial charge in [-0.3, -0.25) is 16.0 Å². The number of hydrogen-bond donors (Lipinski definition) is 2. The Labute approximate surface area is 128 Å². The normalized spacial score (nSPS) is 12.7. The van der Waals surface area contributed by atoms with E-state index in [0.29, 0.717) is 5.15 Å². The van der Waals surface area contributed by atoms with Crippen LogP contribution in [0.25, 0.3) is 0 Å². The average Bonchev–Trinajstić information content (AvgIpc) is 2.64. The standard InChI is InChI=1S/C14H18Cl2N4/c1-9-13(14(16)20(2)19-9)8-12(18-17)7-10-4-3-5-11(15)6-10/h3-6,12,18H,7-8,17H2,1-2H3. The monoisotopic (exact) mass is 312 g/mol. The van der Waals surface area contributed by atoms with E-state index in [0.717, 1.165) is 34.7 Å². The Morgan fingerprint density at radius 3 is 2.65 bits per heavy atom. The molecular weight excluding hydrogens is 295 g/mol. The number of nitrogens with two attached hydrogens (primary N) is 1. The molecule has 0 spiro atoms. The minimum atomic E-state index is 0.0777. The van der Waals surface area contributed by atoms with Crippen LogP contribution in [0, 0.1) is 6.92 Å². The lowest BCUT2D eigenvalue weighted by Crippen LogP contribution is -2.38. The van der Waals surface area contributed by atoms with Crippen LogP contribution in [0.4, 0.5) is 0 Å². The van der Waals surface area contributed by atoms with Crippen LogP contribution in [-0.4, -0.2) is 15.8 Å². The lowest BCUT2D eigenvalue weighted by Gasteiger charge is -2.16. The smallest absolute Gasteiger partial charge is 0.130 e. The van der Waals surface area contributed by atoms with Crippen LogP contribution < -0.4 is 11.3 Å². The number of nitrogens with zero attached hydrogens (tertiary/aromatic N) is 2. The molecule has 0 amide bonds. The number of rotatable bonds is 5. The highest BCUT2D eigenvalue weighted by Crippen LogP contribution is 2.21. The van der Waals surface area contributed by atoms with Gasteiger partial charge in [-0.25, -0.2) is 0 Å². The zero-order valence-corrected chi connectivity index (χ0v) is 13.0. The van der Waals surface area contributed by atoms with Crippen molar-refractivity contribution in [3.05, 3.63) is 51.3 Å². The van der Waals surface area contributed by atoms with Crippen molar-refractivity contribution < 1.29 is 0 Å². The Morgan fingerprint density at radius 1 is 1.35 bits per heavy atom. The number of halogens is 2. The minimum absolute atomic E-state index is 0.0777. The third-order valence-electron chi connectivity index (χ3n) is 3.33. The second-order valence-electron chi connectivity index (χ2n) is 4.88. The van der Waals surface area contributed by atoms with E-state index in [1.54, 1.807) is 4.68 Å². The Morgan fingerprint density at radius 2 is 2.10 bits per heavy atom. The molecule has 6 heteroatoms. The summed E-state index contributed by atoms with van der Waals surface area (Å²) in [6.07, 6.45) is 1.50. The molecule has 1 aromatic carbocycles. The highest BCUT2D eigenvalue weighted by molar-refractivity contribution is 6.30. The van der Waals surface area contributed by atoms with Crippen molar-refractivity contribution in [3.63, 3.8) is 0 Å².